The molecule has 226 valence electrons. The number of benzene rings is 3. The number of fused-ring (bicyclic) bond motifs is 1. The van der Waals surface area contributed by atoms with Crippen LogP contribution in [0.1, 0.15) is 30.9 Å². The Labute approximate surface area is 257 Å². The van der Waals surface area contributed by atoms with Gasteiger partial charge in [-0.05, 0) is 35.2 Å². The summed E-state index contributed by atoms with van der Waals surface area (Å²) in [7, 11) is 0. The number of aromatic nitrogens is 1. The van der Waals surface area contributed by atoms with Crippen LogP contribution in [0, 0.1) is 5.92 Å². The third kappa shape index (κ3) is 8.25. The highest BCUT2D eigenvalue weighted by molar-refractivity contribution is 5.91. The Kier molecular flexibility index (Phi) is 10.3. The summed E-state index contributed by atoms with van der Waals surface area (Å²) in [5.41, 5.74) is 2.83. The third-order valence-corrected chi connectivity index (χ3v) is 7.58. The second-order valence-corrected chi connectivity index (χ2v) is 10.8. The van der Waals surface area contributed by atoms with Crippen molar-refractivity contribution in [3.05, 3.63) is 120 Å². The molecule has 0 spiro atoms. The molecule has 1 aliphatic rings. The Morgan fingerprint density at radius 1 is 0.886 bits per heavy atom. The van der Waals surface area contributed by atoms with Crippen molar-refractivity contribution in [2.45, 2.75) is 44.4 Å². The Bertz CT molecular complexity index is 1610. The van der Waals surface area contributed by atoms with Crippen molar-refractivity contribution in [3.63, 3.8) is 0 Å². The third-order valence-electron chi connectivity index (χ3n) is 7.58. The van der Waals surface area contributed by atoms with Crippen molar-refractivity contribution in [2.75, 3.05) is 6.61 Å². The molecule has 3 N–H and O–H groups in total. The molecule has 0 fully saturated rings. The highest BCUT2D eigenvalue weighted by atomic mass is 16.5. The number of carbonyl (C=O) groups excluding carboxylic acids is 3. The Hall–Kier alpha value is -5.11. The summed E-state index contributed by atoms with van der Waals surface area (Å²) < 4.78 is 11.5. The van der Waals surface area contributed by atoms with Gasteiger partial charge in [0.1, 0.15) is 11.8 Å². The Balaban J connectivity index is 1.46. The lowest BCUT2D eigenvalue weighted by molar-refractivity contribution is -0.144. The fraction of sp³-hybridized carbons (Fsp3) is 0.250. The standard InChI is InChI=1S/C36H37N3O5/c1-25-11-10-18-34(40)43-22-21-33(44-28-14-6-3-7-15-28)36(42)39-32(23-27-24-37-31-17-9-8-16-29(27)31)35(41)38-30(25)20-19-26-12-4-2-5-13-26/h2-17,19-20,24-25,30,32-33,37H,18,21-23H2,1H3,(H,38,41)(H,39,42)/b11-10+,20-19+/t25-,30-,32+,33?/m1/s1. The zero-order chi connectivity index (χ0) is 30.7. The number of amides is 2. The maximum absolute atomic E-state index is 14.0. The molecule has 1 aromatic heterocycles. The van der Waals surface area contributed by atoms with E-state index in [1.807, 2.05) is 104 Å². The minimum absolute atomic E-state index is 0.00506. The summed E-state index contributed by atoms with van der Waals surface area (Å²) >= 11 is 0. The van der Waals surface area contributed by atoms with Crippen LogP contribution in [0.2, 0.25) is 0 Å². The van der Waals surface area contributed by atoms with Crippen LogP contribution in [-0.4, -0.2) is 47.6 Å². The molecule has 8 heteroatoms. The van der Waals surface area contributed by atoms with E-state index >= 15 is 0 Å². The molecule has 1 aliphatic heterocycles. The molecule has 2 heterocycles. The predicted octanol–water partition coefficient (Wildman–Crippen LogP) is 5.37. The largest absolute Gasteiger partial charge is 0.480 e. The monoisotopic (exact) mass is 591 g/mol. The van der Waals surface area contributed by atoms with Crippen molar-refractivity contribution < 1.29 is 23.9 Å². The number of aromatic amines is 1. The Morgan fingerprint density at radius 2 is 1.61 bits per heavy atom. The number of ether oxygens (including phenoxy) is 2. The van der Waals surface area contributed by atoms with Crippen LogP contribution in [0.25, 0.3) is 17.0 Å². The lowest BCUT2D eigenvalue weighted by Crippen LogP contribution is -2.54. The first-order valence-electron chi connectivity index (χ1n) is 14.9. The molecule has 5 rings (SSSR count). The number of hydrogen-bond acceptors (Lipinski definition) is 5. The second-order valence-electron chi connectivity index (χ2n) is 10.8. The quantitative estimate of drug-likeness (QED) is 0.206. The fourth-order valence-electron chi connectivity index (χ4n) is 5.14. The number of H-pyrrole nitrogens is 1. The average Bonchev–Trinajstić information content (AvgIpc) is 3.45. The summed E-state index contributed by atoms with van der Waals surface area (Å²) in [6.45, 7) is 1.96. The predicted molar refractivity (Wildman–Crippen MR) is 171 cm³/mol. The molecule has 4 aromatic rings. The van der Waals surface area contributed by atoms with E-state index in [0.717, 1.165) is 22.0 Å². The summed E-state index contributed by atoms with van der Waals surface area (Å²) in [5, 5.41) is 7.09. The molecule has 0 saturated heterocycles. The minimum atomic E-state index is -0.989. The second kappa shape index (κ2) is 14.9. The van der Waals surface area contributed by atoms with Crippen LogP contribution in [0.3, 0.4) is 0 Å². The van der Waals surface area contributed by atoms with Gasteiger partial charge in [0.2, 0.25) is 5.91 Å². The molecule has 4 atom stereocenters. The number of hydrogen-bond donors (Lipinski definition) is 3. The molecule has 2 amide bonds. The highest BCUT2D eigenvalue weighted by Crippen LogP contribution is 2.21. The first kappa shape index (κ1) is 30.4. The first-order valence-corrected chi connectivity index (χ1v) is 14.9. The van der Waals surface area contributed by atoms with Gasteiger partial charge in [0, 0.05) is 29.9 Å². The average molecular weight is 592 g/mol. The number of esters is 1. The lowest BCUT2D eigenvalue weighted by atomic mass is 9.98. The van der Waals surface area contributed by atoms with Crippen molar-refractivity contribution in [2.24, 2.45) is 5.92 Å². The van der Waals surface area contributed by atoms with E-state index in [-0.39, 0.29) is 37.7 Å². The molecular formula is C36H37N3O5. The summed E-state index contributed by atoms with van der Waals surface area (Å²) in [6, 6.07) is 25.3. The fourth-order valence-corrected chi connectivity index (χ4v) is 5.14. The van der Waals surface area contributed by atoms with Crippen molar-refractivity contribution in [1.82, 2.24) is 15.6 Å². The Morgan fingerprint density at radius 3 is 2.41 bits per heavy atom. The molecule has 0 radical (unpaired) electrons. The van der Waals surface area contributed by atoms with Gasteiger partial charge in [-0.15, -0.1) is 0 Å². The molecule has 3 aromatic carbocycles. The van der Waals surface area contributed by atoms with Crippen molar-refractivity contribution in [3.8, 4) is 5.75 Å². The lowest BCUT2D eigenvalue weighted by Gasteiger charge is -2.26. The topological polar surface area (TPSA) is 110 Å². The summed E-state index contributed by atoms with van der Waals surface area (Å²) in [4.78, 5) is 43.5. The van der Waals surface area contributed by atoms with Gasteiger partial charge in [-0.3, -0.25) is 14.4 Å². The zero-order valence-electron chi connectivity index (χ0n) is 24.6. The number of cyclic esters (lactones) is 1. The molecule has 44 heavy (non-hydrogen) atoms. The van der Waals surface area contributed by atoms with Crippen molar-refractivity contribution in [1.29, 1.82) is 0 Å². The van der Waals surface area contributed by atoms with Crippen LogP contribution in [0.4, 0.5) is 0 Å². The van der Waals surface area contributed by atoms with Gasteiger partial charge in [-0.25, -0.2) is 0 Å². The van der Waals surface area contributed by atoms with Crippen LogP contribution in [0.5, 0.6) is 5.75 Å². The highest BCUT2D eigenvalue weighted by Gasteiger charge is 2.30. The van der Waals surface area contributed by atoms with Gasteiger partial charge in [0.25, 0.3) is 5.91 Å². The van der Waals surface area contributed by atoms with Gasteiger partial charge in [-0.2, -0.15) is 0 Å². The van der Waals surface area contributed by atoms with E-state index in [1.54, 1.807) is 18.2 Å². The van der Waals surface area contributed by atoms with E-state index in [2.05, 4.69) is 15.6 Å². The van der Waals surface area contributed by atoms with E-state index in [9.17, 15) is 14.4 Å². The van der Waals surface area contributed by atoms with E-state index < -0.39 is 30.1 Å². The van der Waals surface area contributed by atoms with Gasteiger partial charge in [0.15, 0.2) is 6.10 Å². The van der Waals surface area contributed by atoms with Gasteiger partial charge in [-0.1, -0.05) is 98.0 Å². The first-order chi connectivity index (χ1) is 21.5. The molecule has 0 aliphatic carbocycles. The van der Waals surface area contributed by atoms with Crippen LogP contribution >= 0.6 is 0 Å². The number of para-hydroxylation sites is 2. The molecule has 0 bridgehead atoms. The molecule has 8 nitrogen and oxygen atoms in total. The molecular weight excluding hydrogens is 554 g/mol. The SMILES string of the molecule is C[C@@H]1/C=C/CC(=O)OCCC(Oc2ccccc2)C(=O)N[C@@H](Cc2c[nH]c3ccccc23)C(=O)N[C@@H]1/C=C/c1ccccc1. The summed E-state index contributed by atoms with van der Waals surface area (Å²) in [5.74, 6) is -0.859. The summed E-state index contributed by atoms with van der Waals surface area (Å²) in [6.07, 6.45) is 8.88. The molecule has 0 saturated carbocycles. The van der Waals surface area contributed by atoms with Crippen LogP contribution in [-0.2, 0) is 25.5 Å². The number of carbonyl (C=O) groups is 3. The minimum Gasteiger partial charge on any atom is -0.480 e. The molecule has 1 unspecified atom stereocenters. The van der Waals surface area contributed by atoms with Gasteiger partial charge in [0.05, 0.1) is 19.1 Å². The zero-order valence-corrected chi connectivity index (χ0v) is 24.6. The van der Waals surface area contributed by atoms with Crippen LogP contribution in [0.15, 0.2) is 109 Å². The maximum Gasteiger partial charge on any atom is 0.309 e. The number of rotatable bonds is 6. The normalized spacial score (nSPS) is 22.8. The van der Waals surface area contributed by atoms with Crippen molar-refractivity contribution >= 4 is 34.8 Å². The maximum atomic E-state index is 14.0. The van der Waals surface area contributed by atoms with E-state index in [0.29, 0.717) is 5.75 Å². The van der Waals surface area contributed by atoms with Gasteiger partial charge >= 0.3 is 5.97 Å². The number of nitrogens with one attached hydrogen (secondary N) is 3. The van der Waals surface area contributed by atoms with E-state index in [1.165, 1.54) is 0 Å². The van der Waals surface area contributed by atoms with Gasteiger partial charge < -0.3 is 25.1 Å². The van der Waals surface area contributed by atoms with Crippen LogP contribution < -0.4 is 15.4 Å². The smallest absolute Gasteiger partial charge is 0.309 e. The van der Waals surface area contributed by atoms with E-state index in [4.69, 9.17) is 9.47 Å².